The molecule has 3 rings (SSSR count). The number of ether oxygens (including phenoxy) is 1. The van der Waals surface area contributed by atoms with Crippen molar-refractivity contribution in [2.24, 2.45) is 11.3 Å². The fourth-order valence-electron chi connectivity index (χ4n) is 4.94. The summed E-state index contributed by atoms with van der Waals surface area (Å²) in [6.07, 6.45) is 2.20. The number of carbonyl (C=O) groups excluding carboxylic acids is 3. The molecule has 1 saturated heterocycles. The standard InChI is InChI=1S/C22H30N2O4/c1-14-6-7-16(3)17(8-14)12-28-18(25)11-24-19(26)22(23-20(24)27)10-15(2)9-21(4,5)13-22/h6-8,15H,9-13H2,1-5H3,(H,23,27)/t15-,22-/m0/s1. The summed E-state index contributed by atoms with van der Waals surface area (Å²) in [6.45, 7) is 10.0. The lowest BCUT2D eigenvalue weighted by Crippen LogP contribution is -2.54. The Morgan fingerprint density at radius 3 is 2.64 bits per heavy atom. The minimum Gasteiger partial charge on any atom is -0.459 e. The van der Waals surface area contributed by atoms with Gasteiger partial charge in [0.2, 0.25) is 0 Å². The Hall–Kier alpha value is -2.37. The maximum Gasteiger partial charge on any atom is 0.326 e. The predicted octanol–water partition coefficient (Wildman–Crippen LogP) is 3.48. The number of nitrogens with zero attached hydrogens (tertiary/aromatic N) is 1. The highest BCUT2D eigenvalue weighted by molar-refractivity contribution is 6.08. The molecule has 1 spiro atoms. The second-order valence-electron chi connectivity index (χ2n) is 9.35. The highest BCUT2D eigenvalue weighted by Gasteiger charge is 2.56. The minimum absolute atomic E-state index is 0.0418. The molecule has 1 heterocycles. The molecule has 3 amide bonds. The molecular formula is C22H30N2O4. The number of aryl methyl sites for hydroxylation is 2. The molecular weight excluding hydrogens is 356 g/mol. The van der Waals surface area contributed by atoms with Crippen LogP contribution in [0.1, 0.15) is 56.7 Å². The van der Waals surface area contributed by atoms with Gasteiger partial charge in [-0.25, -0.2) is 4.79 Å². The zero-order valence-electron chi connectivity index (χ0n) is 17.4. The normalized spacial score (nSPS) is 26.5. The Kier molecular flexibility index (Phi) is 5.26. The van der Waals surface area contributed by atoms with Gasteiger partial charge in [0.25, 0.3) is 5.91 Å². The van der Waals surface area contributed by atoms with Crippen molar-refractivity contribution in [2.45, 2.75) is 66.0 Å². The molecule has 28 heavy (non-hydrogen) atoms. The number of esters is 1. The van der Waals surface area contributed by atoms with E-state index in [-0.39, 0.29) is 24.5 Å². The summed E-state index contributed by atoms with van der Waals surface area (Å²) < 4.78 is 5.35. The molecule has 1 aromatic carbocycles. The average Bonchev–Trinajstić information content (AvgIpc) is 2.77. The number of benzene rings is 1. The quantitative estimate of drug-likeness (QED) is 0.635. The van der Waals surface area contributed by atoms with Crippen molar-refractivity contribution in [3.8, 4) is 0 Å². The first kappa shape index (κ1) is 20.4. The van der Waals surface area contributed by atoms with Crippen LogP contribution in [-0.2, 0) is 20.9 Å². The van der Waals surface area contributed by atoms with Crippen molar-refractivity contribution < 1.29 is 19.1 Å². The number of hydrogen-bond donors (Lipinski definition) is 1. The zero-order chi connectivity index (χ0) is 20.7. The van der Waals surface area contributed by atoms with Crippen LogP contribution in [0.3, 0.4) is 0 Å². The first-order valence-electron chi connectivity index (χ1n) is 9.87. The molecule has 6 nitrogen and oxygen atoms in total. The molecule has 2 fully saturated rings. The van der Waals surface area contributed by atoms with Gasteiger partial charge in [0.15, 0.2) is 0 Å². The fourth-order valence-corrected chi connectivity index (χ4v) is 4.94. The molecule has 0 bridgehead atoms. The van der Waals surface area contributed by atoms with Gasteiger partial charge in [0.1, 0.15) is 18.7 Å². The zero-order valence-corrected chi connectivity index (χ0v) is 17.4. The second-order valence-corrected chi connectivity index (χ2v) is 9.35. The molecule has 1 aliphatic carbocycles. The highest BCUT2D eigenvalue weighted by Crippen LogP contribution is 2.46. The molecule has 1 N–H and O–H groups in total. The number of rotatable bonds is 4. The molecule has 1 aliphatic heterocycles. The maximum atomic E-state index is 13.1. The van der Waals surface area contributed by atoms with Crippen LogP contribution >= 0.6 is 0 Å². The van der Waals surface area contributed by atoms with Crippen molar-refractivity contribution in [1.29, 1.82) is 0 Å². The molecule has 152 valence electrons. The smallest absolute Gasteiger partial charge is 0.326 e. The minimum atomic E-state index is -0.897. The summed E-state index contributed by atoms with van der Waals surface area (Å²) in [4.78, 5) is 38.9. The van der Waals surface area contributed by atoms with Crippen molar-refractivity contribution >= 4 is 17.9 Å². The van der Waals surface area contributed by atoms with Gasteiger partial charge in [-0.2, -0.15) is 0 Å². The van der Waals surface area contributed by atoms with Gasteiger partial charge in [0, 0.05) is 0 Å². The van der Waals surface area contributed by atoms with E-state index in [1.54, 1.807) is 0 Å². The Bertz CT molecular complexity index is 817. The Labute approximate surface area is 166 Å². The third-order valence-electron chi connectivity index (χ3n) is 5.80. The number of carbonyl (C=O) groups is 3. The van der Waals surface area contributed by atoms with E-state index in [0.29, 0.717) is 18.8 Å². The lowest BCUT2D eigenvalue weighted by Gasteiger charge is -2.43. The van der Waals surface area contributed by atoms with E-state index in [9.17, 15) is 14.4 Å². The van der Waals surface area contributed by atoms with E-state index < -0.39 is 17.5 Å². The van der Waals surface area contributed by atoms with Crippen molar-refractivity contribution in [3.63, 3.8) is 0 Å². The Balaban J connectivity index is 1.66. The molecule has 2 aliphatic rings. The Morgan fingerprint density at radius 1 is 1.25 bits per heavy atom. The number of imide groups is 1. The van der Waals surface area contributed by atoms with E-state index in [1.807, 2.05) is 32.0 Å². The van der Waals surface area contributed by atoms with Crippen LogP contribution in [0.5, 0.6) is 0 Å². The SMILES string of the molecule is Cc1ccc(C)c(COC(=O)CN2C(=O)N[C@]3(C[C@@H](C)CC(C)(C)C3)C2=O)c1. The summed E-state index contributed by atoms with van der Waals surface area (Å²) in [5, 5.41) is 2.88. The topological polar surface area (TPSA) is 75.7 Å². The summed E-state index contributed by atoms with van der Waals surface area (Å²) in [5.41, 5.74) is 2.10. The number of hydrogen-bond acceptors (Lipinski definition) is 4. The lowest BCUT2D eigenvalue weighted by atomic mass is 9.64. The van der Waals surface area contributed by atoms with Gasteiger partial charge in [0.05, 0.1) is 0 Å². The Morgan fingerprint density at radius 2 is 1.96 bits per heavy atom. The number of nitrogens with one attached hydrogen (secondary N) is 1. The van der Waals surface area contributed by atoms with Crippen LogP contribution in [0.25, 0.3) is 0 Å². The van der Waals surface area contributed by atoms with Gasteiger partial charge < -0.3 is 10.1 Å². The first-order chi connectivity index (χ1) is 13.0. The van der Waals surface area contributed by atoms with Crippen LogP contribution in [0, 0.1) is 25.2 Å². The van der Waals surface area contributed by atoms with Gasteiger partial charge in [-0.3, -0.25) is 14.5 Å². The number of amides is 3. The molecule has 0 unspecified atom stereocenters. The second kappa shape index (κ2) is 7.22. The van der Waals surface area contributed by atoms with Crippen LogP contribution in [0.2, 0.25) is 0 Å². The molecule has 1 aromatic rings. The van der Waals surface area contributed by atoms with Gasteiger partial charge in [-0.05, 0) is 55.6 Å². The largest absolute Gasteiger partial charge is 0.459 e. The molecule has 6 heteroatoms. The van der Waals surface area contributed by atoms with Crippen LogP contribution < -0.4 is 5.32 Å². The van der Waals surface area contributed by atoms with Crippen molar-refractivity contribution in [2.75, 3.05) is 6.54 Å². The van der Waals surface area contributed by atoms with Crippen LogP contribution in [0.15, 0.2) is 18.2 Å². The van der Waals surface area contributed by atoms with E-state index in [0.717, 1.165) is 28.0 Å². The summed E-state index contributed by atoms with van der Waals surface area (Å²) in [5.74, 6) is -0.561. The van der Waals surface area contributed by atoms with Crippen molar-refractivity contribution in [1.82, 2.24) is 10.2 Å². The third-order valence-corrected chi connectivity index (χ3v) is 5.80. The maximum absolute atomic E-state index is 13.1. The van der Waals surface area contributed by atoms with Crippen LogP contribution in [-0.4, -0.2) is 34.9 Å². The first-order valence-corrected chi connectivity index (χ1v) is 9.87. The van der Waals surface area contributed by atoms with Gasteiger partial charge in [-0.15, -0.1) is 0 Å². The molecule has 0 aromatic heterocycles. The van der Waals surface area contributed by atoms with Gasteiger partial charge in [-0.1, -0.05) is 44.5 Å². The predicted molar refractivity (Wildman–Crippen MR) is 105 cm³/mol. The van der Waals surface area contributed by atoms with Crippen LogP contribution in [0.4, 0.5) is 4.79 Å². The van der Waals surface area contributed by atoms with E-state index in [4.69, 9.17) is 4.74 Å². The summed E-state index contributed by atoms with van der Waals surface area (Å²) in [7, 11) is 0. The van der Waals surface area contributed by atoms with Gasteiger partial charge >= 0.3 is 12.0 Å². The van der Waals surface area contributed by atoms with E-state index in [1.165, 1.54) is 0 Å². The molecule has 1 saturated carbocycles. The lowest BCUT2D eigenvalue weighted by molar-refractivity contribution is -0.149. The molecule has 0 radical (unpaired) electrons. The number of urea groups is 1. The van der Waals surface area contributed by atoms with E-state index in [2.05, 4.69) is 26.1 Å². The highest BCUT2D eigenvalue weighted by atomic mass is 16.5. The van der Waals surface area contributed by atoms with E-state index >= 15 is 0 Å². The molecule has 2 atom stereocenters. The summed E-state index contributed by atoms with van der Waals surface area (Å²) in [6, 6.07) is 5.45. The third kappa shape index (κ3) is 4.05. The van der Waals surface area contributed by atoms with Crippen molar-refractivity contribution in [3.05, 3.63) is 34.9 Å². The monoisotopic (exact) mass is 386 g/mol. The average molecular weight is 386 g/mol. The fraction of sp³-hybridized carbons (Fsp3) is 0.591. The summed E-state index contributed by atoms with van der Waals surface area (Å²) >= 11 is 0.